The zero-order valence-corrected chi connectivity index (χ0v) is 12.3. The van der Waals surface area contributed by atoms with Crippen LogP contribution in [0, 0.1) is 0 Å². The van der Waals surface area contributed by atoms with Crippen LogP contribution in [0.5, 0.6) is 5.75 Å². The highest BCUT2D eigenvalue weighted by Gasteiger charge is 1.94. The van der Waals surface area contributed by atoms with Crippen LogP contribution >= 0.6 is 0 Å². The molecule has 0 saturated carbocycles. The monoisotopic (exact) mass is 236 g/mol. The van der Waals surface area contributed by atoms with Gasteiger partial charge in [-0.25, -0.2) is 0 Å². The molecule has 0 aromatic heterocycles. The van der Waals surface area contributed by atoms with Gasteiger partial charge in [0.05, 0.1) is 6.26 Å². The Kier molecular flexibility index (Phi) is 24.5. The Morgan fingerprint density at radius 2 is 1.35 bits per heavy atom. The molecule has 1 nitrogen and oxygen atoms in total. The van der Waals surface area contributed by atoms with Crippen molar-refractivity contribution in [1.29, 1.82) is 0 Å². The van der Waals surface area contributed by atoms with Gasteiger partial charge in [0.15, 0.2) is 0 Å². The summed E-state index contributed by atoms with van der Waals surface area (Å²) in [4.78, 5) is 0. The third-order valence-electron chi connectivity index (χ3n) is 1.35. The Bertz CT molecular complexity index is 264. The molecule has 0 spiro atoms. The fourth-order valence-electron chi connectivity index (χ4n) is 0.846. The molecule has 0 saturated heterocycles. The van der Waals surface area contributed by atoms with Crippen LogP contribution in [0.2, 0.25) is 0 Å². The van der Waals surface area contributed by atoms with Gasteiger partial charge in [0.1, 0.15) is 5.75 Å². The number of hydrogen-bond acceptors (Lipinski definition) is 1. The molecule has 0 aliphatic rings. The Labute approximate surface area is 108 Å². The standard InChI is InChI=1S/C10H10O.3C2H6/c1-3-9-7-5-6-8-10(9)11-4-2;3*1-2/h3-8H,1-2H2;3*1-2H3. The second kappa shape index (κ2) is 20.0. The van der Waals surface area contributed by atoms with E-state index in [-0.39, 0.29) is 0 Å². The Morgan fingerprint density at radius 3 is 1.76 bits per heavy atom. The first-order chi connectivity index (χ1) is 8.38. The van der Waals surface area contributed by atoms with Crippen LogP contribution in [-0.2, 0) is 0 Å². The maximum atomic E-state index is 5.12. The van der Waals surface area contributed by atoms with Gasteiger partial charge in [-0.05, 0) is 6.07 Å². The first kappa shape index (κ1) is 20.9. The average molecular weight is 236 g/mol. The van der Waals surface area contributed by atoms with E-state index in [4.69, 9.17) is 4.74 Å². The molecule has 1 aromatic carbocycles. The van der Waals surface area contributed by atoms with Gasteiger partial charge in [-0.15, -0.1) is 0 Å². The number of rotatable bonds is 3. The molecule has 0 atom stereocenters. The lowest BCUT2D eigenvalue weighted by molar-refractivity contribution is 0.482. The van der Waals surface area contributed by atoms with Crippen LogP contribution < -0.4 is 4.74 Å². The van der Waals surface area contributed by atoms with E-state index in [1.165, 1.54) is 6.26 Å². The Balaban J connectivity index is -0.000000285. The predicted octanol–water partition coefficient (Wildman–Crippen LogP) is 5.93. The van der Waals surface area contributed by atoms with Gasteiger partial charge in [0, 0.05) is 5.56 Å². The minimum Gasteiger partial charge on any atom is -0.465 e. The van der Waals surface area contributed by atoms with Gasteiger partial charge < -0.3 is 4.74 Å². The minimum absolute atomic E-state index is 0.789. The number of ether oxygens (including phenoxy) is 1. The summed E-state index contributed by atoms with van der Waals surface area (Å²) in [5, 5.41) is 0. The molecule has 0 heterocycles. The van der Waals surface area contributed by atoms with Crippen molar-refractivity contribution in [2.45, 2.75) is 41.5 Å². The lowest BCUT2D eigenvalue weighted by Gasteiger charge is -2.02. The molecule has 0 amide bonds. The smallest absolute Gasteiger partial charge is 0.133 e. The molecule has 0 fully saturated rings. The van der Waals surface area contributed by atoms with Gasteiger partial charge in [-0.3, -0.25) is 0 Å². The molecular weight excluding hydrogens is 208 g/mol. The predicted molar refractivity (Wildman–Crippen MR) is 81.4 cm³/mol. The zero-order chi connectivity index (χ0) is 14.1. The molecule has 0 radical (unpaired) electrons. The van der Waals surface area contributed by atoms with Gasteiger partial charge >= 0.3 is 0 Å². The molecular formula is C16H28O. The molecule has 17 heavy (non-hydrogen) atoms. The van der Waals surface area contributed by atoms with Crippen molar-refractivity contribution in [3.63, 3.8) is 0 Å². The zero-order valence-electron chi connectivity index (χ0n) is 12.3. The summed E-state index contributed by atoms with van der Waals surface area (Å²) < 4.78 is 5.12. The molecule has 1 aromatic rings. The summed E-state index contributed by atoms with van der Waals surface area (Å²) >= 11 is 0. The van der Waals surface area contributed by atoms with Gasteiger partial charge in [-0.1, -0.05) is 79.0 Å². The summed E-state index contributed by atoms with van der Waals surface area (Å²) in [6, 6.07) is 7.66. The van der Waals surface area contributed by atoms with E-state index in [1.54, 1.807) is 6.08 Å². The average Bonchev–Trinajstić information content (AvgIpc) is 2.46. The maximum absolute atomic E-state index is 5.12. The Morgan fingerprint density at radius 1 is 0.882 bits per heavy atom. The normalized spacial score (nSPS) is 6.71. The van der Waals surface area contributed by atoms with E-state index in [0.717, 1.165) is 11.3 Å². The van der Waals surface area contributed by atoms with Crippen molar-refractivity contribution >= 4 is 6.08 Å². The second-order valence-corrected chi connectivity index (χ2v) is 2.03. The van der Waals surface area contributed by atoms with Crippen molar-refractivity contribution in [2.24, 2.45) is 0 Å². The minimum atomic E-state index is 0.789. The van der Waals surface area contributed by atoms with Crippen LogP contribution in [0.15, 0.2) is 43.7 Å². The summed E-state index contributed by atoms with van der Waals surface area (Å²) in [5.74, 6) is 0.789. The second-order valence-electron chi connectivity index (χ2n) is 2.03. The number of para-hydroxylation sites is 1. The largest absolute Gasteiger partial charge is 0.465 e. The fourth-order valence-corrected chi connectivity index (χ4v) is 0.846. The van der Waals surface area contributed by atoms with Crippen molar-refractivity contribution in [2.75, 3.05) is 0 Å². The van der Waals surface area contributed by atoms with E-state index in [0.29, 0.717) is 0 Å². The van der Waals surface area contributed by atoms with Gasteiger partial charge in [0.25, 0.3) is 0 Å². The number of hydrogen-bond donors (Lipinski definition) is 0. The molecule has 0 unspecified atom stereocenters. The van der Waals surface area contributed by atoms with Crippen LogP contribution in [0.4, 0.5) is 0 Å². The third kappa shape index (κ3) is 10.8. The summed E-state index contributed by atoms with van der Waals surface area (Å²) in [6.45, 7) is 19.1. The van der Waals surface area contributed by atoms with Crippen molar-refractivity contribution in [3.8, 4) is 5.75 Å². The molecule has 0 aliphatic heterocycles. The highest BCUT2D eigenvalue weighted by atomic mass is 16.5. The lowest BCUT2D eigenvalue weighted by Crippen LogP contribution is -1.83. The highest BCUT2D eigenvalue weighted by Crippen LogP contribution is 2.18. The first-order valence-electron chi connectivity index (χ1n) is 6.37. The first-order valence-corrected chi connectivity index (χ1v) is 6.37. The quantitative estimate of drug-likeness (QED) is 0.591. The molecule has 1 rings (SSSR count). The summed E-state index contributed by atoms with van der Waals surface area (Å²) in [7, 11) is 0. The highest BCUT2D eigenvalue weighted by molar-refractivity contribution is 5.55. The molecule has 0 aliphatic carbocycles. The van der Waals surface area contributed by atoms with Crippen molar-refractivity contribution in [1.82, 2.24) is 0 Å². The lowest BCUT2D eigenvalue weighted by atomic mass is 10.2. The van der Waals surface area contributed by atoms with Crippen molar-refractivity contribution in [3.05, 3.63) is 49.2 Å². The van der Waals surface area contributed by atoms with Gasteiger partial charge in [0.2, 0.25) is 0 Å². The molecule has 1 heteroatoms. The number of benzene rings is 1. The van der Waals surface area contributed by atoms with Gasteiger partial charge in [-0.2, -0.15) is 0 Å². The van der Waals surface area contributed by atoms with E-state index >= 15 is 0 Å². The topological polar surface area (TPSA) is 9.23 Å². The SMILES string of the molecule is C=COc1ccccc1C=C.CC.CC.CC. The summed E-state index contributed by atoms with van der Waals surface area (Å²) in [5.41, 5.74) is 0.979. The van der Waals surface area contributed by atoms with Crippen LogP contribution in [0.1, 0.15) is 47.1 Å². The van der Waals surface area contributed by atoms with Crippen molar-refractivity contribution < 1.29 is 4.74 Å². The molecule has 98 valence electrons. The van der Waals surface area contributed by atoms with Crippen LogP contribution in [-0.4, -0.2) is 0 Å². The van der Waals surface area contributed by atoms with Crippen LogP contribution in [0.25, 0.3) is 6.08 Å². The Hall–Kier alpha value is -1.50. The van der Waals surface area contributed by atoms with E-state index in [1.807, 2.05) is 65.8 Å². The van der Waals surface area contributed by atoms with E-state index in [9.17, 15) is 0 Å². The van der Waals surface area contributed by atoms with E-state index in [2.05, 4.69) is 13.2 Å². The molecule has 0 bridgehead atoms. The third-order valence-corrected chi connectivity index (χ3v) is 1.35. The van der Waals surface area contributed by atoms with E-state index < -0.39 is 0 Å². The molecule has 0 N–H and O–H groups in total. The van der Waals surface area contributed by atoms with Crippen LogP contribution in [0.3, 0.4) is 0 Å². The maximum Gasteiger partial charge on any atom is 0.133 e. The fraction of sp³-hybridized carbons (Fsp3) is 0.375. The summed E-state index contributed by atoms with van der Waals surface area (Å²) in [6.07, 6.45) is 3.15.